The molecule has 1 saturated heterocycles. The fourth-order valence-electron chi connectivity index (χ4n) is 2.79. The summed E-state index contributed by atoms with van der Waals surface area (Å²) in [6.45, 7) is 4.86. The Kier molecular flexibility index (Phi) is 5.66. The molecule has 1 aliphatic heterocycles. The number of aryl methyl sites for hydroxylation is 1. The van der Waals surface area contributed by atoms with E-state index in [2.05, 4.69) is 9.71 Å². The molecular weight excluding hydrogens is 407 g/mol. The molecule has 1 aromatic heterocycles. The fourth-order valence-corrected chi connectivity index (χ4v) is 4.96. The third-order valence-electron chi connectivity index (χ3n) is 4.35. The third kappa shape index (κ3) is 4.30. The van der Waals surface area contributed by atoms with Gasteiger partial charge < -0.3 is 9.80 Å². The molecule has 2 aromatic rings. The second-order valence-electron chi connectivity index (χ2n) is 6.29. The molecule has 1 aliphatic rings. The Labute approximate surface area is 166 Å². The SMILES string of the molecule is CC(=O)N1CCN(C(=O)c2sc(NS(=O)(=O)c3ccc(F)cc3)nc2C)CC1. The van der Waals surface area contributed by atoms with Gasteiger partial charge in [-0.1, -0.05) is 11.3 Å². The zero-order valence-electron chi connectivity index (χ0n) is 15.3. The van der Waals surface area contributed by atoms with E-state index in [4.69, 9.17) is 0 Å². The van der Waals surface area contributed by atoms with Crippen molar-refractivity contribution in [3.8, 4) is 0 Å². The fraction of sp³-hybridized carbons (Fsp3) is 0.353. The van der Waals surface area contributed by atoms with E-state index in [1.807, 2.05) is 0 Å². The maximum Gasteiger partial charge on any atom is 0.266 e. The summed E-state index contributed by atoms with van der Waals surface area (Å²) >= 11 is 0.946. The van der Waals surface area contributed by atoms with Crippen LogP contribution >= 0.6 is 11.3 Å². The monoisotopic (exact) mass is 426 g/mol. The Balaban J connectivity index is 1.73. The van der Waals surface area contributed by atoms with Gasteiger partial charge in [-0.05, 0) is 31.2 Å². The zero-order chi connectivity index (χ0) is 20.5. The highest BCUT2D eigenvalue weighted by atomic mass is 32.2. The minimum Gasteiger partial charge on any atom is -0.339 e. The molecule has 0 spiro atoms. The molecule has 1 aromatic carbocycles. The molecule has 11 heteroatoms. The lowest BCUT2D eigenvalue weighted by Gasteiger charge is -2.34. The molecule has 3 rings (SSSR count). The van der Waals surface area contributed by atoms with Crippen molar-refractivity contribution in [3.63, 3.8) is 0 Å². The quantitative estimate of drug-likeness (QED) is 0.802. The van der Waals surface area contributed by atoms with Gasteiger partial charge in [0.15, 0.2) is 5.13 Å². The first-order valence-electron chi connectivity index (χ1n) is 8.48. The number of halogens is 1. The number of hydrogen-bond donors (Lipinski definition) is 1. The molecule has 0 saturated carbocycles. The number of anilines is 1. The second-order valence-corrected chi connectivity index (χ2v) is 8.97. The summed E-state index contributed by atoms with van der Waals surface area (Å²) in [5, 5.41) is 0.0625. The van der Waals surface area contributed by atoms with Crippen LogP contribution in [0.1, 0.15) is 22.3 Å². The zero-order valence-corrected chi connectivity index (χ0v) is 16.9. The van der Waals surface area contributed by atoms with Gasteiger partial charge in [-0.25, -0.2) is 17.8 Å². The van der Waals surface area contributed by atoms with Crippen LogP contribution in [0.3, 0.4) is 0 Å². The van der Waals surface area contributed by atoms with Gasteiger partial charge >= 0.3 is 0 Å². The number of hydrogen-bond acceptors (Lipinski definition) is 6. The van der Waals surface area contributed by atoms with Gasteiger partial charge in [0.05, 0.1) is 10.6 Å². The number of carbonyl (C=O) groups is 2. The van der Waals surface area contributed by atoms with Gasteiger partial charge in [-0.15, -0.1) is 0 Å². The molecule has 2 amide bonds. The molecule has 1 fully saturated rings. The average Bonchev–Trinajstić information content (AvgIpc) is 3.01. The largest absolute Gasteiger partial charge is 0.339 e. The smallest absolute Gasteiger partial charge is 0.266 e. The Morgan fingerprint density at radius 2 is 1.68 bits per heavy atom. The van der Waals surface area contributed by atoms with Crippen LogP contribution in [0, 0.1) is 12.7 Å². The highest BCUT2D eigenvalue weighted by Crippen LogP contribution is 2.26. The van der Waals surface area contributed by atoms with Crippen LogP contribution in [0.15, 0.2) is 29.2 Å². The van der Waals surface area contributed by atoms with Crippen molar-refractivity contribution >= 4 is 38.3 Å². The van der Waals surface area contributed by atoms with Crippen LogP contribution in [0.2, 0.25) is 0 Å². The standard InChI is InChI=1S/C17H19FN4O4S2/c1-11-15(16(24)22-9-7-21(8-10-22)12(2)23)27-17(19-11)20-28(25,26)14-5-3-13(18)4-6-14/h3-6H,7-10H2,1-2H3,(H,19,20). The Bertz CT molecular complexity index is 997. The third-order valence-corrected chi connectivity index (χ3v) is 6.89. The minimum atomic E-state index is -3.94. The van der Waals surface area contributed by atoms with E-state index in [9.17, 15) is 22.4 Å². The van der Waals surface area contributed by atoms with E-state index in [1.54, 1.807) is 16.7 Å². The van der Waals surface area contributed by atoms with E-state index >= 15 is 0 Å². The van der Waals surface area contributed by atoms with Crippen LogP contribution in [0.5, 0.6) is 0 Å². The van der Waals surface area contributed by atoms with Gasteiger partial charge in [0.2, 0.25) is 5.91 Å². The normalized spacial score (nSPS) is 14.8. The number of thiazole rings is 1. The number of piperazine rings is 1. The van der Waals surface area contributed by atoms with E-state index < -0.39 is 15.8 Å². The Morgan fingerprint density at radius 3 is 2.25 bits per heavy atom. The summed E-state index contributed by atoms with van der Waals surface area (Å²) < 4.78 is 40.1. The summed E-state index contributed by atoms with van der Waals surface area (Å²) in [6, 6.07) is 4.41. The van der Waals surface area contributed by atoms with Gasteiger partial charge in [0, 0.05) is 33.1 Å². The molecule has 1 N–H and O–H groups in total. The lowest BCUT2D eigenvalue weighted by atomic mass is 10.2. The second kappa shape index (κ2) is 7.84. The maximum atomic E-state index is 13.0. The lowest BCUT2D eigenvalue weighted by Crippen LogP contribution is -2.50. The lowest BCUT2D eigenvalue weighted by molar-refractivity contribution is -0.130. The molecule has 0 unspecified atom stereocenters. The molecular formula is C17H19FN4O4S2. The molecule has 0 atom stereocenters. The number of benzene rings is 1. The average molecular weight is 426 g/mol. The first-order chi connectivity index (χ1) is 13.2. The number of rotatable bonds is 4. The van der Waals surface area contributed by atoms with Crippen molar-refractivity contribution in [2.24, 2.45) is 0 Å². The number of nitrogens with one attached hydrogen (secondary N) is 1. The van der Waals surface area contributed by atoms with Crippen LogP contribution in [0.4, 0.5) is 9.52 Å². The predicted octanol–water partition coefficient (Wildman–Crippen LogP) is 1.70. The first-order valence-corrected chi connectivity index (χ1v) is 10.8. The van der Waals surface area contributed by atoms with E-state index in [0.717, 1.165) is 35.6 Å². The van der Waals surface area contributed by atoms with Crippen LogP contribution < -0.4 is 4.72 Å². The van der Waals surface area contributed by atoms with Crippen LogP contribution in [-0.2, 0) is 14.8 Å². The van der Waals surface area contributed by atoms with Crippen molar-refractivity contribution < 1.29 is 22.4 Å². The maximum absolute atomic E-state index is 13.0. The molecule has 0 radical (unpaired) electrons. The van der Waals surface area contributed by atoms with Crippen molar-refractivity contribution in [3.05, 3.63) is 40.7 Å². The number of nitrogens with zero attached hydrogens (tertiary/aromatic N) is 3. The summed E-state index contributed by atoms with van der Waals surface area (Å²) in [5.41, 5.74) is 0.417. The molecule has 0 aliphatic carbocycles. The van der Waals surface area contributed by atoms with Gasteiger partial charge in [-0.3, -0.25) is 14.3 Å². The van der Waals surface area contributed by atoms with E-state index in [0.29, 0.717) is 36.8 Å². The highest BCUT2D eigenvalue weighted by Gasteiger charge is 2.27. The molecule has 2 heterocycles. The minimum absolute atomic E-state index is 0.0291. The summed E-state index contributed by atoms with van der Waals surface area (Å²) in [7, 11) is -3.94. The number of aromatic nitrogens is 1. The molecule has 150 valence electrons. The Hall–Kier alpha value is -2.53. The molecule has 8 nitrogen and oxygen atoms in total. The molecule has 28 heavy (non-hydrogen) atoms. The van der Waals surface area contributed by atoms with Gasteiger partial charge in [0.25, 0.3) is 15.9 Å². The van der Waals surface area contributed by atoms with Crippen molar-refractivity contribution in [1.82, 2.24) is 14.8 Å². The highest BCUT2D eigenvalue weighted by molar-refractivity contribution is 7.93. The number of carbonyl (C=O) groups excluding carboxylic acids is 2. The summed E-state index contributed by atoms with van der Waals surface area (Å²) in [4.78, 5) is 31.8. The number of sulfonamides is 1. The van der Waals surface area contributed by atoms with Crippen LogP contribution in [-0.4, -0.2) is 61.2 Å². The Morgan fingerprint density at radius 1 is 1.11 bits per heavy atom. The first kappa shape index (κ1) is 20.2. The summed E-state index contributed by atoms with van der Waals surface area (Å²) in [5.74, 6) is -0.814. The van der Waals surface area contributed by atoms with E-state index in [-0.39, 0.29) is 21.8 Å². The summed E-state index contributed by atoms with van der Waals surface area (Å²) in [6.07, 6.45) is 0. The van der Waals surface area contributed by atoms with Crippen molar-refractivity contribution in [2.45, 2.75) is 18.7 Å². The van der Waals surface area contributed by atoms with E-state index in [1.165, 1.54) is 6.92 Å². The van der Waals surface area contributed by atoms with Gasteiger partial charge in [-0.2, -0.15) is 0 Å². The number of amides is 2. The van der Waals surface area contributed by atoms with Crippen molar-refractivity contribution in [1.29, 1.82) is 0 Å². The van der Waals surface area contributed by atoms with Gasteiger partial charge in [0.1, 0.15) is 10.7 Å². The van der Waals surface area contributed by atoms with Crippen molar-refractivity contribution in [2.75, 3.05) is 30.9 Å². The topological polar surface area (TPSA) is 99.7 Å². The predicted molar refractivity (Wildman–Crippen MR) is 102 cm³/mol. The van der Waals surface area contributed by atoms with Crippen LogP contribution in [0.25, 0.3) is 0 Å². The molecule has 0 bridgehead atoms.